The van der Waals surface area contributed by atoms with Gasteiger partial charge in [0.15, 0.2) is 11.0 Å². The number of aryl methyl sites for hydroxylation is 2. The van der Waals surface area contributed by atoms with E-state index in [1.807, 2.05) is 27.7 Å². The molecule has 0 amide bonds. The number of carbonyl (C=O) groups is 1. The molecular weight excluding hydrogens is 524 g/mol. The summed E-state index contributed by atoms with van der Waals surface area (Å²) in [5.41, 5.74) is 3.65. The third kappa shape index (κ3) is 5.30. The minimum Gasteiger partial charge on any atom is -0.492 e. The van der Waals surface area contributed by atoms with Crippen LogP contribution in [0.5, 0.6) is 5.88 Å². The summed E-state index contributed by atoms with van der Waals surface area (Å²) in [6, 6.07) is 1.80. The smallest absolute Gasteiger partial charge is 0.274 e. The van der Waals surface area contributed by atoms with Crippen LogP contribution >= 0.6 is 22.9 Å². The van der Waals surface area contributed by atoms with Crippen molar-refractivity contribution in [3.63, 3.8) is 0 Å². The molecule has 0 fully saturated rings. The number of hydrogen-bond acceptors (Lipinski definition) is 11. The number of thiazole rings is 1. The Morgan fingerprint density at radius 1 is 1.21 bits per heavy atom. The number of hydrogen-bond donors (Lipinski definition) is 5. The average Bonchev–Trinajstić information content (AvgIpc) is 3.62. The molecule has 0 aliphatic carbocycles. The molecule has 38 heavy (non-hydrogen) atoms. The van der Waals surface area contributed by atoms with Crippen molar-refractivity contribution >= 4 is 61.4 Å². The highest BCUT2D eigenvalue weighted by Crippen LogP contribution is 2.35. The number of aromatic hydroxyl groups is 1. The maximum Gasteiger partial charge on any atom is 0.274 e. The topological polar surface area (TPSA) is 162 Å². The Morgan fingerprint density at radius 2 is 1.95 bits per heavy atom. The summed E-state index contributed by atoms with van der Waals surface area (Å²) >= 11 is 2.16. The van der Waals surface area contributed by atoms with Crippen LogP contribution in [0, 0.1) is 5.41 Å². The Bertz CT molecular complexity index is 1520. The van der Waals surface area contributed by atoms with Gasteiger partial charge in [-0.3, -0.25) is 14.8 Å². The minimum absolute atomic E-state index is 0.0742. The predicted molar refractivity (Wildman–Crippen MR) is 151 cm³/mol. The first kappa shape index (κ1) is 27.4. The van der Waals surface area contributed by atoms with Crippen molar-refractivity contribution in [3.8, 4) is 5.88 Å². The number of aliphatic hydroxyl groups excluding tert-OH is 1. The molecule has 0 saturated carbocycles. The molecule has 0 radical (unpaired) electrons. The first-order valence-electron chi connectivity index (χ1n) is 12.2. The summed E-state index contributed by atoms with van der Waals surface area (Å²) in [4.78, 5) is 28.0. The lowest BCUT2D eigenvalue weighted by molar-refractivity contribution is 0.0967. The van der Waals surface area contributed by atoms with Crippen molar-refractivity contribution in [3.05, 3.63) is 46.5 Å². The molecule has 1 unspecified atom stereocenters. The van der Waals surface area contributed by atoms with Gasteiger partial charge in [0.05, 0.1) is 28.5 Å². The highest BCUT2D eigenvalue weighted by Gasteiger charge is 2.24. The number of allylic oxidation sites excluding steroid dienone is 1. The van der Waals surface area contributed by atoms with Gasteiger partial charge in [-0.1, -0.05) is 38.7 Å². The van der Waals surface area contributed by atoms with Gasteiger partial charge in [-0.05, 0) is 49.4 Å². The second-order valence-electron chi connectivity index (χ2n) is 8.65. The van der Waals surface area contributed by atoms with Crippen molar-refractivity contribution < 1.29 is 15.0 Å². The number of nitrogens with one attached hydrogen (secondary N) is 3. The van der Waals surface area contributed by atoms with Gasteiger partial charge in [0, 0.05) is 12.7 Å². The van der Waals surface area contributed by atoms with E-state index < -0.39 is 6.10 Å². The minimum atomic E-state index is -0.615. The summed E-state index contributed by atoms with van der Waals surface area (Å²) < 4.78 is 5.52. The lowest BCUT2D eigenvalue weighted by Gasteiger charge is -2.12. The maximum atomic E-state index is 13.7. The second-order valence-corrected chi connectivity index (χ2v) is 10.4. The molecule has 4 aromatic heterocycles. The van der Waals surface area contributed by atoms with Gasteiger partial charge < -0.3 is 20.8 Å². The van der Waals surface area contributed by atoms with Crippen LogP contribution in [0.1, 0.15) is 66.6 Å². The molecular formula is C25H30N8O3S2. The van der Waals surface area contributed by atoms with Gasteiger partial charge in [-0.25, -0.2) is 15.0 Å². The molecule has 0 aliphatic heterocycles. The van der Waals surface area contributed by atoms with E-state index in [9.17, 15) is 15.0 Å². The number of aliphatic hydroxyl groups is 1. The first-order chi connectivity index (χ1) is 18.2. The van der Waals surface area contributed by atoms with Gasteiger partial charge >= 0.3 is 0 Å². The SMILES string of the molecule is C=C(C)c1nc(CC)c2c(ccn2C(=O)c2sc(Nc3snc(O)c3C(=N)NCC(O)CC)nc2CC)n1. The summed E-state index contributed by atoms with van der Waals surface area (Å²) in [5, 5.41) is 35.1. The third-order valence-electron chi connectivity index (χ3n) is 5.90. The van der Waals surface area contributed by atoms with E-state index in [0.29, 0.717) is 56.8 Å². The summed E-state index contributed by atoms with van der Waals surface area (Å²) in [6.07, 6.45) is 2.78. The fraction of sp³-hybridized carbons (Fsp3) is 0.360. The highest BCUT2D eigenvalue weighted by molar-refractivity contribution is 7.18. The highest BCUT2D eigenvalue weighted by atomic mass is 32.1. The van der Waals surface area contributed by atoms with Crippen LogP contribution in [-0.2, 0) is 12.8 Å². The van der Waals surface area contributed by atoms with Crippen molar-refractivity contribution in [2.45, 2.75) is 53.1 Å². The van der Waals surface area contributed by atoms with Crippen LogP contribution in [0.25, 0.3) is 16.6 Å². The van der Waals surface area contributed by atoms with E-state index in [1.54, 1.807) is 16.8 Å². The van der Waals surface area contributed by atoms with Crippen molar-refractivity contribution in [2.24, 2.45) is 0 Å². The Balaban J connectivity index is 1.66. The second kappa shape index (κ2) is 11.4. The number of anilines is 2. The lowest BCUT2D eigenvalue weighted by atomic mass is 10.2. The summed E-state index contributed by atoms with van der Waals surface area (Å²) in [5.74, 6) is -0.0514. The molecule has 4 rings (SSSR count). The average molecular weight is 555 g/mol. The quantitative estimate of drug-likeness (QED) is 0.142. The largest absolute Gasteiger partial charge is 0.492 e. The molecule has 11 nitrogen and oxygen atoms in total. The van der Waals surface area contributed by atoms with Crippen molar-refractivity contribution in [1.29, 1.82) is 5.41 Å². The monoisotopic (exact) mass is 554 g/mol. The number of carbonyl (C=O) groups excluding carboxylic acids is 1. The molecule has 13 heteroatoms. The first-order valence-corrected chi connectivity index (χ1v) is 13.8. The standard InChI is InChI=1S/C25H30N8O3S2/c1-6-13(34)11-27-20(26)17-22(35)32-38-23(17)31-25-30-15(8-3)19(37-25)24(36)33-10-9-16-18(33)14(7-2)28-21(29-16)12(4)5/h9-10,13,34H,4,6-8,11H2,1-3,5H3,(H2,26,27)(H,30,31)(H,32,35). The fourth-order valence-corrected chi connectivity index (χ4v) is 5.55. The van der Waals surface area contributed by atoms with E-state index in [2.05, 4.69) is 36.5 Å². The Labute approximate surface area is 228 Å². The van der Waals surface area contributed by atoms with Gasteiger partial charge in [0.25, 0.3) is 5.91 Å². The summed E-state index contributed by atoms with van der Waals surface area (Å²) in [7, 11) is 0. The number of fused-ring (bicyclic) bond motifs is 1. The fourth-order valence-electron chi connectivity index (χ4n) is 3.79. The molecule has 0 saturated heterocycles. The van der Waals surface area contributed by atoms with Crippen LogP contribution < -0.4 is 10.6 Å². The third-order valence-corrected chi connectivity index (χ3v) is 7.65. The number of aromatic nitrogens is 5. The zero-order chi connectivity index (χ0) is 27.6. The Kier molecular flexibility index (Phi) is 8.19. The molecule has 4 aromatic rings. The molecule has 0 bridgehead atoms. The van der Waals surface area contributed by atoms with E-state index in [1.165, 1.54) is 11.3 Å². The van der Waals surface area contributed by atoms with Crippen LogP contribution in [0.4, 0.5) is 10.1 Å². The number of amidine groups is 1. The van der Waals surface area contributed by atoms with Crippen LogP contribution in [0.3, 0.4) is 0 Å². The van der Waals surface area contributed by atoms with E-state index in [0.717, 1.165) is 22.8 Å². The normalized spacial score (nSPS) is 12.0. The predicted octanol–water partition coefficient (Wildman–Crippen LogP) is 4.33. The zero-order valence-electron chi connectivity index (χ0n) is 21.6. The molecule has 200 valence electrons. The van der Waals surface area contributed by atoms with Gasteiger partial charge in [-0.15, -0.1) is 0 Å². The molecule has 0 aromatic carbocycles. The lowest BCUT2D eigenvalue weighted by Crippen LogP contribution is -2.31. The van der Waals surface area contributed by atoms with Crippen molar-refractivity contribution in [2.75, 3.05) is 11.9 Å². The van der Waals surface area contributed by atoms with E-state index in [-0.39, 0.29) is 29.7 Å². The summed E-state index contributed by atoms with van der Waals surface area (Å²) in [6.45, 7) is 11.7. The van der Waals surface area contributed by atoms with Gasteiger partial charge in [0.1, 0.15) is 21.3 Å². The molecule has 1 atom stereocenters. The van der Waals surface area contributed by atoms with Gasteiger partial charge in [-0.2, -0.15) is 4.37 Å². The van der Waals surface area contributed by atoms with Crippen molar-refractivity contribution in [1.82, 2.24) is 29.2 Å². The number of nitrogens with zero attached hydrogens (tertiary/aromatic N) is 5. The Morgan fingerprint density at radius 3 is 2.61 bits per heavy atom. The van der Waals surface area contributed by atoms with Crippen LogP contribution in [0.2, 0.25) is 0 Å². The van der Waals surface area contributed by atoms with E-state index >= 15 is 0 Å². The van der Waals surface area contributed by atoms with E-state index in [4.69, 9.17) is 5.41 Å². The number of rotatable bonds is 10. The maximum absolute atomic E-state index is 13.7. The molecule has 0 aliphatic rings. The van der Waals surface area contributed by atoms with Gasteiger partial charge in [0.2, 0.25) is 5.88 Å². The Hall–Kier alpha value is -3.68. The van der Waals surface area contributed by atoms with Crippen LogP contribution in [0.15, 0.2) is 18.8 Å². The molecule has 5 N–H and O–H groups in total. The molecule has 4 heterocycles. The van der Waals surface area contributed by atoms with Crippen LogP contribution in [-0.4, -0.2) is 58.5 Å². The molecule has 0 spiro atoms. The zero-order valence-corrected chi connectivity index (χ0v) is 23.3.